The van der Waals surface area contributed by atoms with E-state index in [0.29, 0.717) is 17.4 Å². The van der Waals surface area contributed by atoms with E-state index in [4.69, 9.17) is 0 Å². The number of nitrogens with zero attached hydrogens (tertiary/aromatic N) is 1. The van der Waals surface area contributed by atoms with E-state index in [9.17, 15) is 22.9 Å². The quantitative estimate of drug-likeness (QED) is 0.640. The van der Waals surface area contributed by atoms with Crippen LogP contribution < -0.4 is 0 Å². The molecule has 0 aliphatic heterocycles. The zero-order valence-corrected chi connectivity index (χ0v) is 14.6. The molecule has 0 bridgehead atoms. The smallest absolute Gasteiger partial charge is 0.166 e. The van der Waals surface area contributed by atoms with Crippen molar-refractivity contribution in [3.8, 4) is 0 Å². The van der Waals surface area contributed by atoms with E-state index in [1.54, 1.807) is 19.1 Å². The van der Waals surface area contributed by atoms with Gasteiger partial charge in [-0.3, -0.25) is 4.79 Å². The summed E-state index contributed by atoms with van der Waals surface area (Å²) in [5, 5.41) is 9.29. The van der Waals surface area contributed by atoms with Gasteiger partial charge >= 0.3 is 0 Å². The SMILES string of the molecule is CCC(=O)C(O)C[N+](C)(C)C.Cc1ccc(S(=O)(=O)[O-])cc1. The van der Waals surface area contributed by atoms with Crippen LogP contribution in [0.5, 0.6) is 0 Å². The van der Waals surface area contributed by atoms with Crippen LogP contribution in [0.3, 0.4) is 0 Å². The first-order chi connectivity index (χ1) is 9.86. The Kier molecular flexibility index (Phi) is 7.89. The Labute approximate surface area is 132 Å². The van der Waals surface area contributed by atoms with Gasteiger partial charge in [-0.05, 0) is 19.1 Å². The lowest BCUT2D eigenvalue weighted by molar-refractivity contribution is -0.872. The molecular weight excluding hydrogens is 306 g/mol. The van der Waals surface area contributed by atoms with Crippen molar-refractivity contribution in [1.82, 2.24) is 0 Å². The normalized spacial score (nSPS) is 13.0. The van der Waals surface area contributed by atoms with Crippen molar-refractivity contribution in [1.29, 1.82) is 0 Å². The van der Waals surface area contributed by atoms with Crippen LogP contribution in [-0.2, 0) is 14.9 Å². The first-order valence-corrected chi connectivity index (χ1v) is 8.31. The van der Waals surface area contributed by atoms with Crippen LogP contribution >= 0.6 is 0 Å². The topological polar surface area (TPSA) is 94.5 Å². The van der Waals surface area contributed by atoms with Gasteiger partial charge in [0.1, 0.15) is 16.7 Å². The number of aliphatic hydroxyl groups is 1. The Balaban J connectivity index is 0.000000401. The Bertz CT molecular complexity index is 573. The maximum absolute atomic E-state index is 10.9. The minimum absolute atomic E-state index is 0.0712. The summed E-state index contributed by atoms with van der Waals surface area (Å²) in [7, 11) is 1.58. The summed E-state index contributed by atoms with van der Waals surface area (Å²) in [6.45, 7) is 4.08. The van der Waals surface area contributed by atoms with Crippen LogP contribution in [0.1, 0.15) is 18.9 Å². The highest BCUT2D eigenvalue weighted by Crippen LogP contribution is 2.08. The fourth-order valence-electron chi connectivity index (χ4n) is 1.56. The number of carbonyl (C=O) groups is 1. The summed E-state index contributed by atoms with van der Waals surface area (Å²) < 4.78 is 31.8. The zero-order valence-electron chi connectivity index (χ0n) is 13.7. The van der Waals surface area contributed by atoms with E-state index >= 15 is 0 Å². The number of rotatable bonds is 5. The van der Waals surface area contributed by atoms with Crippen molar-refractivity contribution in [2.75, 3.05) is 27.7 Å². The average molecular weight is 331 g/mol. The first kappa shape index (κ1) is 20.7. The van der Waals surface area contributed by atoms with Crippen molar-refractivity contribution in [2.45, 2.75) is 31.3 Å². The predicted octanol–water partition coefficient (Wildman–Crippen LogP) is 0.932. The summed E-state index contributed by atoms with van der Waals surface area (Å²) in [6, 6.07) is 5.78. The molecule has 1 aromatic carbocycles. The summed E-state index contributed by atoms with van der Waals surface area (Å²) in [5.74, 6) is -0.0712. The second kappa shape index (κ2) is 8.38. The van der Waals surface area contributed by atoms with Crippen molar-refractivity contribution < 1.29 is 27.4 Å². The molecule has 0 aliphatic rings. The number of aliphatic hydroxyl groups excluding tert-OH is 1. The number of carbonyl (C=O) groups excluding carboxylic acids is 1. The highest BCUT2D eigenvalue weighted by Gasteiger charge is 2.20. The van der Waals surface area contributed by atoms with Gasteiger partial charge in [-0.1, -0.05) is 24.6 Å². The molecule has 0 saturated carbocycles. The predicted molar refractivity (Wildman–Crippen MR) is 83.3 cm³/mol. The van der Waals surface area contributed by atoms with Gasteiger partial charge in [0.15, 0.2) is 11.9 Å². The van der Waals surface area contributed by atoms with Crippen molar-refractivity contribution >= 4 is 15.9 Å². The van der Waals surface area contributed by atoms with E-state index in [0.717, 1.165) is 5.56 Å². The van der Waals surface area contributed by atoms with Crippen LogP contribution in [0.4, 0.5) is 0 Å². The van der Waals surface area contributed by atoms with E-state index in [1.807, 2.05) is 28.1 Å². The van der Waals surface area contributed by atoms with Gasteiger partial charge in [-0.2, -0.15) is 0 Å². The molecule has 0 amide bonds. The lowest BCUT2D eigenvalue weighted by Crippen LogP contribution is -2.44. The van der Waals surface area contributed by atoms with Crippen molar-refractivity contribution in [3.63, 3.8) is 0 Å². The molecule has 0 fully saturated rings. The molecular formula is C15H25NO5S. The van der Waals surface area contributed by atoms with Crippen LogP contribution in [-0.4, -0.2) is 62.1 Å². The summed E-state index contributed by atoms with van der Waals surface area (Å²) >= 11 is 0. The summed E-state index contributed by atoms with van der Waals surface area (Å²) in [4.78, 5) is 10.8. The molecule has 7 heteroatoms. The zero-order chi connectivity index (χ0) is 17.6. The third kappa shape index (κ3) is 8.89. The fraction of sp³-hybridized carbons (Fsp3) is 0.533. The second-order valence-corrected chi connectivity index (χ2v) is 7.46. The molecule has 0 saturated heterocycles. The van der Waals surface area contributed by atoms with Gasteiger partial charge in [0.05, 0.1) is 26.0 Å². The number of ketones is 1. The second-order valence-electron chi connectivity index (χ2n) is 6.08. The lowest BCUT2D eigenvalue weighted by atomic mass is 10.2. The number of likely N-dealkylation sites (N-methyl/N-ethyl adjacent to an activating group) is 1. The molecule has 0 aromatic heterocycles. The average Bonchev–Trinajstić information content (AvgIpc) is 2.36. The van der Waals surface area contributed by atoms with Crippen LogP contribution in [0, 0.1) is 6.92 Å². The molecule has 1 unspecified atom stereocenters. The van der Waals surface area contributed by atoms with Crippen LogP contribution in [0.25, 0.3) is 0 Å². The summed E-state index contributed by atoms with van der Waals surface area (Å²) in [5.41, 5.74) is 0.928. The molecule has 22 heavy (non-hydrogen) atoms. The third-order valence-electron chi connectivity index (χ3n) is 2.75. The third-order valence-corrected chi connectivity index (χ3v) is 3.60. The molecule has 6 nitrogen and oxygen atoms in total. The number of Topliss-reactive ketones (excluding diaryl/α,β-unsaturated/α-hetero) is 1. The van der Waals surface area contributed by atoms with Crippen molar-refractivity contribution in [2.24, 2.45) is 0 Å². The molecule has 126 valence electrons. The van der Waals surface area contributed by atoms with E-state index in [-0.39, 0.29) is 10.7 Å². The standard InChI is InChI=1S/C8H18NO2.C7H8O3S/c1-5-7(10)8(11)6-9(2,3)4;1-6-2-4-7(5-3-6)11(8,9)10/h8,11H,5-6H2,1-4H3;2-5H,1H3,(H,8,9,10)/q+1;/p-1. The fourth-order valence-corrected chi connectivity index (χ4v) is 2.03. The molecule has 1 rings (SSSR count). The van der Waals surface area contributed by atoms with Crippen LogP contribution in [0.2, 0.25) is 0 Å². The van der Waals surface area contributed by atoms with E-state index in [1.165, 1.54) is 12.1 Å². The molecule has 0 aliphatic carbocycles. The number of hydrogen-bond acceptors (Lipinski definition) is 5. The Morgan fingerprint density at radius 3 is 2.00 bits per heavy atom. The van der Waals surface area contributed by atoms with Gasteiger partial charge in [0.25, 0.3) is 0 Å². The van der Waals surface area contributed by atoms with Gasteiger partial charge in [0, 0.05) is 6.42 Å². The molecule has 0 heterocycles. The van der Waals surface area contributed by atoms with E-state index < -0.39 is 16.2 Å². The van der Waals surface area contributed by atoms with E-state index in [2.05, 4.69) is 0 Å². The lowest BCUT2D eigenvalue weighted by Gasteiger charge is -2.25. The van der Waals surface area contributed by atoms with Gasteiger partial charge in [-0.25, -0.2) is 8.42 Å². The van der Waals surface area contributed by atoms with Crippen LogP contribution in [0.15, 0.2) is 29.2 Å². The number of quaternary nitrogens is 1. The minimum atomic E-state index is -4.27. The number of aryl methyl sites for hydroxylation is 1. The maximum atomic E-state index is 10.9. The highest BCUT2D eigenvalue weighted by atomic mass is 32.2. The number of hydrogen-bond donors (Lipinski definition) is 1. The monoisotopic (exact) mass is 331 g/mol. The van der Waals surface area contributed by atoms with Gasteiger partial charge < -0.3 is 14.1 Å². The Morgan fingerprint density at radius 1 is 1.23 bits per heavy atom. The largest absolute Gasteiger partial charge is 0.744 e. The highest BCUT2D eigenvalue weighted by molar-refractivity contribution is 7.85. The molecule has 0 spiro atoms. The number of benzene rings is 1. The minimum Gasteiger partial charge on any atom is -0.744 e. The van der Waals surface area contributed by atoms with Gasteiger partial charge in [-0.15, -0.1) is 0 Å². The molecule has 0 radical (unpaired) electrons. The Morgan fingerprint density at radius 2 is 1.68 bits per heavy atom. The first-order valence-electron chi connectivity index (χ1n) is 6.90. The molecule has 1 atom stereocenters. The van der Waals surface area contributed by atoms with Crippen molar-refractivity contribution in [3.05, 3.63) is 29.8 Å². The summed E-state index contributed by atoms with van der Waals surface area (Å²) in [6.07, 6.45) is -0.374. The molecule has 1 aromatic rings. The molecule has 1 N–H and O–H groups in total. The maximum Gasteiger partial charge on any atom is 0.166 e. The Hall–Kier alpha value is -1.28. The van der Waals surface area contributed by atoms with Gasteiger partial charge in [0.2, 0.25) is 0 Å².